The predicted molar refractivity (Wildman–Crippen MR) is 115 cm³/mol. The van der Waals surface area contributed by atoms with Gasteiger partial charge in [-0.2, -0.15) is 8.99 Å². The molecule has 2 aromatic heterocycles. The molecule has 0 atom stereocenters. The summed E-state index contributed by atoms with van der Waals surface area (Å²) in [7, 11) is -3.44. The predicted octanol–water partition coefficient (Wildman–Crippen LogP) is 2.42. The van der Waals surface area contributed by atoms with Crippen molar-refractivity contribution in [1.82, 2.24) is 14.1 Å². The number of aryl methyl sites for hydroxylation is 2. The van der Waals surface area contributed by atoms with E-state index >= 15 is 0 Å². The fraction of sp³-hybridized carbons (Fsp3) is 0.300. The first-order valence-corrected chi connectivity index (χ1v) is 11.6. The van der Waals surface area contributed by atoms with E-state index in [1.807, 2.05) is 36.9 Å². The van der Waals surface area contributed by atoms with Gasteiger partial charge in [-0.15, -0.1) is 16.4 Å². The molecule has 0 aliphatic carbocycles. The minimum atomic E-state index is -3.44. The van der Waals surface area contributed by atoms with Crippen LogP contribution < -0.4 is 10.5 Å². The van der Waals surface area contributed by atoms with Crippen molar-refractivity contribution in [1.29, 1.82) is 0 Å². The fourth-order valence-corrected chi connectivity index (χ4v) is 5.87. The third-order valence-corrected chi connectivity index (χ3v) is 8.44. The molecule has 29 heavy (non-hydrogen) atoms. The fourth-order valence-electron chi connectivity index (χ4n) is 3.31. The molecular weight excluding hydrogens is 408 g/mol. The van der Waals surface area contributed by atoms with Crippen molar-refractivity contribution in [3.8, 4) is 5.69 Å². The smallest absolute Gasteiger partial charge is 0.271 e. The van der Waals surface area contributed by atoms with Gasteiger partial charge in [0.1, 0.15) is 10.0 Å². The van der Waals surface area contributed by atoms with Crippen molar-refractivity contribution in [2.45, 2.75) is 18.1 Å². The zero-order valence-electron chi connectivity index (χ0n) is 16.3. The van der Waals surface area contributed by atoms with Crippen molar-refractivity contribution in [2.24, 2.45) is 0 Å². The van der Waals surface area contributed by atoms with Crippen molar-refractivity contribution in [3.05, 3.63) is 69.3 Å². The summed E-state index contributed by atoms with van der Waals surface area (Å²) in [6.07, 6.45) is 0. The van der Waals surface area contributed by atoms with Crippen LogP contribution in [0.2, 0.25) is 0 Å². The van der Waals surface area contributed by atoms with E-state index in [2.05, 4.69) is 5.10 Å². The number of anilines is 1. The maximum absolute atomic E-state index is 12.7. The highest BCUT2D eigenvalue weighted by Crippen LogP contribution is 2.23. The first-order chi connectivity index (χ1) is 13.9. The molecule has 1 aromatic carbocycles. The van der Waals surface area contributed by atoms with Crippen molar-refractivity contribution in [3.63, 3.8) is 0 Å². The molecule has 0 radical (unpaired) electrons. The Morgan fingerprint density at radius 3 is 2.38 bits per heavy atom. The molecule has 0 unspecified atom stereocenters. The molecule has 0 N–H and O–H groups in total. The molecule has 1 aliphatic rings. The lowest BCUT2D eigenvalue weighted by Gasteiger charge is -2.34. The Morgan fingerprint density at radius 2 is 1.72 bits per heavy atom. The van der Waals surface area contributed by atoms with Crippen LogP contribution in [0, 0.1) is 13.8 Å². The second kappa shape index (κ2) is 7.74. The van der Waals surface area contributed by atoms with Crippen LogP contribution in [-0.2, 0) is 10.0 Å². The lowest BCUT2D eigenvalue weighted by Crippen LogP contribution is -2.49. The van der Waals surface area contributed by atoms with Crippen LogP contribution in [0.25, 0.3) is 5.69 Å². The van der Waals surface area contributed by atoms with E-state index in [1.165, 1.54) is 26.4 Å². The second-order valence-corrected chi connectivity index (χ2v) is 10.1. The summed E-state index contributed by atoms with van der Waals surface area (Å²) in [6, 6.07) is 12.4. The Hall–Kier alpha value is -2.49. The molecule has 0 saturated carbocycles. The Morgan fingerprint density at radius 1 is 0.966 bits per heavy atom. The Labute approximate surface area is 173 Å². The van der Waals surface area contributed by atoms with E-state index < -0.39 is 10.0 Å². The summed E-state index contributed by atoms with van der Waals surface area (Å²) in [5, 5.41) is 6.31. The van der Waals surface area contributed by atoms with Gasteiger partial charge in [-0.1, -0.05) is 12.1 Å². The standard InChI is InChI=1S/C20H22N4O3S2/c1-15-5-6-17(14-16(15)2)24-19(25)8-7-18(21-24)22-9-11-23(12-10-22)29(26,27)20-4-3-13-28-20/h3-8,13-14H,9-12H2,1-2H3. The Kier molecular flexibility index (Phi) is 5.28. The molecule has 3 aromatic rings. The molecule has 1 saturated heterocycles. The number of benzene rings is 1. The number of piperazine rings is 1. The first-order valence-electron chi connectivity index (χ1n) is 9.33. The highest BCUT2D eigenvalue weighted by molar-refractivity contribution is 7.91. The lowest BCUT2D eigenvalue weighted by molar-refractivity contribution is 0.384. The van der Waals surface area contributed by atoms with E-state index in [-0.39, 0.29) is 5.56 Å². The highest BCUT2D eigenvalue weighted by Gasteiger charge is 2.29. The molecule has 0 bridgehead atoms. The van der Waals surface area contributed by atoms with Crippen LogP contribution in [0.1, 0.15) is 11.1 Å². The normalized spacial score (nSPS) is 15.6. The van der Waals surface area contributed by atoms with Gasteiger partial charge >= 0.3 is 0 Å². The van der Waals surface area contributed by atoms with Crippen molar-refractivity contribution < 1.29 is 8.42 Å². The van der Waals surface area contributed by atoms with E-state index in [9.17, 15) is 13.2 Å². The number of nitrogens with zero attached hydrogens (tertiary/aromatic N) is 4. The van der Waals surface area contributed by atoms with Gasteiger partial charge in [0.05, 0.1) is 5.69 Å². The van der Waals surface area contributed by atoms with Gasteiger partial charge in [0.15, 0.2) is 0 Å². The molecule has 0 spiro atoms. The van der Waals surface area contributed by atoms with E-state index in [0.29, 0.717) is 36.2 Å². The second-order valence-electron chi connectivity index (χ2n) is 7.03. The number of hydrogen-bond acceptors (Lipinski definition) is 6. The van der Waals surface area contributed by atoms with E-state index in [4.69, 9.17) is 0 Å². The molecule has 3 heterocycles. The summed E-state index contributed by atoms with van der Waals surface area (Å²) >= 11 is 1.23. The van der Waals surface area contributed by atoms with Gasteiger partial charge in [0, 0.05) is 32.2 Å². The van der Waals surface area contributed by atoms with Crippen LogP contribution >= 0.6 is 11.3 Å². The number of hydrogen-bond donors (Lipinski definition) is 0. The van der Waals surface area contributed by atoms with Gasteiger partial charge in [0.25, 0.3) is 15.6 Å². The molecule has 0 amide bonds. The number of rotatable bonds is 4. The average molecular weight is 431 g/mol. The summed E-state index contributed by atoms with van der Waals surface area (Å²) in [4.78, 5) is 14.4. The van der Waals surface area contributed by atoms with Gasteiger partial charge in [-0.05, 0) is 54.6 Å². The third kappa shape index (κ3) is 3.85. The monoisotopic (exact) mass is 430 g/mol. The van der Waals surface area contributed by atoms with Crippen LogP contribution in [0.15, 0.2) is 56.8 Å². The molecule has 9 heteroatoms. The van der Waals surface area contributed by atoms with Gasteiger partial charge in [0.2, 0.25) is 0 Å². The zero-order chi connectivity index (χ0) is 20.6. The first kappa shape index (κ1) is 19.8. The summed E-state index contributed by atoms with van der Waals surface area (Å²) < 4.78 is 28.7. The number of thiophene rings is 1. The van der Waals surface area contributed by atoms with Gasteiger partial charge in [-0.3, -0.25) is 4.79 Å². The molecular formula is C20H22N4O3S2. The molecule has 7 nitrogen and oxygen atoms in total. The Balaban J connectivity index is 1.55. The SMILES string of the molecule is Cc1ccc(-n2nc(N3CCN(S(=O)(=O)c4cccs4)CC3)ccc2=O)cc1C. The summed E-state index contributed by atoms with van der Waals surface area (Å²) in [5.74, 6) is 0.663. The lowest BCUT2D eigenvalue weighted by atomic mass is 10.1. The largest absolute Gasteiger partial charge is 0.353 e. The number of sulfonamides is 1. The van der Waals surface area contributed by atoms with Crippen molar-refractivity contribution in [2.75, 3.05) is 31.1 Å². The number of aromatic nitrogens is 2. The maximum Gasteiger partial charge on any atom is 0.271 e. The zero-order valence-corrected chi connectivity index (χ0v) is 17.9. The summed E-state index contributed by atoms with van der Waals surface area (Å²) in [6.45, 7) is 5.82. The minimum absolute atomic E-state index is 0.198. The minimum Gasteiger partial charge on any atom is -0.353 e. The molecule has 4 rings (SSSR count). The third-order valence-electron chi connectivity index (χ3n) is 5.17. The Bertz CT molecular complexity index is 1180. The molecule has 1 fully saturated rings. The quantitative estimate of drug-likeness (QED) is 0.635. The van der Waals surface area contributed by atoms with Crippen LogP contribution in [0.3, 0.4) is 0 Å². The van der Waals surface area contributed by atoms with E-state index in [0.717, 1.165) is 16.8 Å². The summed E-state index contributed by atoms with van der Waals surface area (Å²) in [5.41, 5.74) is 2.77. The topological polar surface area (TPSA) is 75.5 Å². The van der Waals surface area contributed by atoms with Crippen LogP contribution in [0.5, 0.6) is 0 Å². The highest BCUT2D eigenvalue weighted by atomic mass is 32.2. The van der Waals surface area contributed by atoms with Crippen LogP contribution in [0.4, 0.5) is 5.82 Å². The van der Waals surface area contributed by atoms with E-state index in [1.54, 1.807) is 23.6 Å². The average Bonchev–Trinajstić information content (AvgIpc) is 3.26. The van der Waals surface area contributed by atoms with Crippen molar-refractivity contribution >= 4 is 27.2 Å². The van der Waals surface area contributed by atoms with Gasteiger partial charge in [-0.25, -0.2) is 8.42 Å². The molecule has 1 aliphatic heterocycles. The van der Waals surface area contributed by atoms with Gasteiger partial charge < -0.3 is 4.90 Å². The molecule has 152 valence electrons. The van der Waals surface area contributed by atoms with Crippen LogP contribution in [-0.4, -0.2) is 48.7 Å². The maximum atomic E-state index is 12.7.